The van der Waals surface area contributed by atoms with Gasteiger partial charge in [0.1, 0.15) is 12.4 Å². The van der Waals surface area contributed by atoms with E-state index >= 15 is 0 Å². The summed E-state index contributed by atoms with van der Waals surface area (Å²) in [6.45, 7) is 0.511. The van der Waals surface area contributed by atoms with E-state index in [-0.39, 0.29) is 6.04 Å². The molecule has 1 aliphatic heterocycles. The summed E-state index contributed by atoms with van der Waals surface area (Å²) in [6.07, 6.45) is 8.16. The molecule has 1 aromatic rings. The molecule has 1 fully saturated rings. The van der Waals surface area contributed by atoms with Gasteiger partial charge in [0.25, 0.3) is 0 Å². The molecule has 2 aliphatic rings. The van der Waals surface area contributed by atoms with Gasteiger partial charge >= 0.3 is 0 Å². The molecule has 0 radical (unpaired) electrons. The van der Waals surface area contributed by atoms with Crippen LogP contribution in [-0.2, 0) is 0 Å². The first kappa shape index (κ1) is 14.7. The molecule has 0 amide bonds. The minimum atomic E-state index is -0.0816. The van der Waals surface area contributed by atoms with E-state index in [1.165, 1.54) is 23.9 Å². The highest BCUT2D eigenvalue weighted by Crippen LogP contribution is 2.39. The molecule has 0 saturated heterocycles. The van der Waals surface area contributed by atoms with Gasteiger partial charge in [-0.25, -0.2) is 0 Å². The Balaban J connectivity index is 1.95. The van der Waals surface area contributed by atoms with Gasteiger partial charge in [-0.15, -0.1) is 0 Å². The van der Waals surface area contributed by atoms with Crippen molar-refractivity contribution in [2.45, 2.75) is 25.3 Å². The van der Waals surface area contributed by atoms with Gasteiger partial charge in [-0.3, -0.25) is 0 Å². The number of nitrogens with zero attached hydrogens (tertiary/aromatic N) is 1. The van der Waals surface area contributed by atoms with Crippen molar-refractivity contribution >= 4 is 17.6 Å². The number of hydrogen-bond donors (Lipinski definition) is 3. The van der Waals surface area contributed by atoms with E-state index in [4.69, 9.17) is 15.9 Å². The summed E-state index contributed by atoms with van der Waals surface area (Å²) in [7, 11) is 2.06. The lowest BCUT2D eigenvalue weighted by molar-refractivity contribution is 0.307. The van der Waals surface area contributed by atoms with Crippen LogP contribution in [0.25, 0.3) is 0 Å². The van der Waals surface area contributed by atoms with Crippen LogP contribution in [0.15, 0.2) is 41.7 Å². The highest BCUT2D eigenvalue weighted by atomic mass is 16.5. The summed E-state index contributed by atoms with van der Waals surface area (Å²) in [4.78, 5) is 2.17. The van der Waals surface area contributed by atoms with Crippen molar-refractivity contribution in [2.24, 2.45) is 5.73 Å². The summed E-state index contributed by atoms with van der Waals surface area (Å²) in [5.41, 5.74) is 11.0. The first-order valence-electron chi connectivity index (χ1n) is 7.61. The van der Waals surface area contributed by atoms with E-state index in [0.717, 1.165) is 30.0 Å². The van der Waals surface area contributed by atoms with Crippen LogP contribution in [0, 0.1) is 5.41 Å². The van der Waals surface area contributed by atoms with Crippen LogP contribution in [0.1, 0.15) is 19.3 Å². The van der Waals surface area contributed by atoms with Gasteiger partial charge in [-0.05, 0) is 49.1 Å². The molecule has 1 heterocycles. The molecule has 5 heteroatoms. The molecular formula is C17H22N4O. The fourth-order valence-electron chi connectivity index (χ4n) is 2.93. The SMILES string of the molecule is CN1C(=C2CCC2)[C@@H](N)COc2ccc(N/C=C\C=N)cc21. The minimum absolute atomic E-state index is 0.0816. The lowest BCUT2D eigenvalue weighted by atomic mass is 9.88. The first-order valence-corrected chi connectivity index (χ1v) is 7.61. The van der Waals surface area contributed by atoms with Crippen LogP contribution in [0.3, 0.4) is 0 Å². The van der Waals surface area contributed by atoms with E-state index in [0.29, 0.717) is 6.61 Å². The maximum absolute atomic E-state index is 7.00. The number of likely N-dealkylation sites (N-methyl/N-ethyl adjacent to an activating group) is 1. The van der Waals surface area contributed by atoms with Gasteiger partial charge in [0.05, 0.1) is 11.7 Å². The second kappa shape index (κ2) is 6.23. The van der Waals surface area contributed by atoms with Crippen molar-refractivity contribution in [3.8, 4) is 5.75 Å². The molecule has 4 N–H and O–H groups in total. The summed E-state index contributed by atoms with van der Waals surface area (Å²) < 4.78 is 5.88. The lowest BCUT2D eigenvalue weighted by Crippen LogP contribution is -2.37. The molecule has 0 bridgehead atoms. The third kappa shape index (κ3) is 2.72. The van der Waals surface area contributed by atoms with Crippen LogP contribution >= 0.6 is 0 Å². The Bertz CT molecular complexity index is 630. The van der Waals surface area contributed by atoms with Crippen molar-refractivity contribution in [1.29, 1.82) is 5.41 Å². The smallest absolute Gasteiger partial charge is 0.143 e. The highest BCUT2D eigenvalue weighted by molar-refractivity contribution is 5.72. The third-order valence-electron chi connectivity index (χ3n) is 4.21. The van der Waals surface area contributed by atoms with E-state index in [1.54, 1.807) is 12.3 Å². The van der Waals surface area contributed by atoms with Crippen molar-refractivity contribution in [1.82, 2.24) is 0 Å². The Morgan fingerprint density at radius 1 is 1.41 bits per heavy atom. The minimum Gasteiger partial charge on any atom is -0.489 e. The highest BCUT2D eigenvalue weighted by Gasteiger charge is 2.28. The predicted molar refractivity (Wildman–Crippen MR) is 90.7 cm³/mol. The number of allylic oxidation sites excluding steroid dienone is 2. The molecule has 1 aliphatic carbocycles. The van der Waals surface area contributed by atoms with Gasteiger partial charge < -0.3 is 26.1 Å². The standard InChI is InChI=1S/C17H22N4O/c1-21-15-10-13(20-9-3-8-18)6-7-16(15)22-11-14(19)17(21)12-4-2-5-12/h3,6-10,14,18,20H,2,4-5,11,19H2,1H3/b9-3-,18-8?/t14-/m0/s1. The van der Waals surface area contributed by atoms with E-state index in [1.807, 2.05) is 12.1 Å². The molecule has 0 aromatic heterocycles. The Morgan fingerprint density at radius 2 is 2.23 bits per heavy atom. The molecule has 0 unspecified atom stereocenters. The number of hydrogen-bond acceptors (Lipinski definition) is 5. The van der Waals surface area contributed by atoms with Crippen LogP contribution in [-0.4, -0.2) is 25.9 Å². The number of nitrogens with two attached hydrogens (primary N) is 1. The Morgan fingerprint density at radius 3 is 2.91 bits per heavy atom. The van der Waals surface area contributed by atoms with Gasteiger partial charge in [-0.2, -0.15) is 0 Å². The maximum Gasteiger partial charge on any atom is 0.143 e. The zero-order valence-electron chi connectivity index (χ0n) is 12.8. The Hall–Kier alpha value is -2.27. The largest absolute Gasteiger partial charge is 0.489 e. The maximum atomic E-state index is 7.00. The van der Waals surface area contributed by atoms with Gasteiger partial charge in [0, 0.05) is 30.8 Å². The summed E-state index contributed by atoms with van der Waals surface area (Å²) in [5, 5.41) is 10.2. The zero-order valence-corrected chi connectivity index (χ0v) is 12.8. The van der Waals surface area contributed by atoms with Crippen LogP contribution < -0.4 is 20.7 Å². The average Bonchev–Trinajstić information content (AvgIpc) is 2.58. The Labute approximate surface area is 131 Å². The molecule has 1 atom stereocenters. The topological polar surface area (TPSA) is 74.4 Å². The van der Waals surface area contributed by atoms with Crippen molar-refractivity contribution < 1.29 is 4.74 Å². The molecule has 0 spiro atoms. The molecule has 5 nitrogen and oxygen atoms in total. The molecular weight excluding hydrogens is 276 g/mol. The molecule has 1 aromatic carbocycles. The second-order valence-electron chi connectivity index (χ2n) is 5.67. The molecule has 22 heavy (non-hydrogen) atoms. The Kier molecular flexibility index (Phi) is 4.15. The van der Waals surface area contributed by atoms with E-state index in [9.17, 15) is 0 Å². The van der Waals surface area contributed by atoms with E-state index in [2.05, 4.69) is 23.3 Å². The number of anilines is 2. The first-order chi connectivity index (χ1) is 10.7. The fourth-order valence-corrected chi connectivity index (χ4v) is 2.93. The fraction of sp³-hybridized carbons (Fsp3) is 0.353. The molecule has 116 valence electrons. The summed E-state index contributed by atoms with van der Waals surface area (Å²) >= 11 is 0. The number of benzene rings is 1. The second-order valence-corrected chi connectivity index (χ2v) is 5.67. The van der Waals surface area contributed by atoms with Crippen LogP contribution in [0.2, 0.25) is 0 Å². The zero-order chi connectivity index (χ0) is 15.5. The van der Waals surface area contributed by atoms with Crippen LogP contribution in [0.4, 0.5) is 11.4 Å². The molecule has 3 rings (SSSR count). The van der Waals surface area contributed by atoms with Crippen molar-refractivity contribution in [3.05, 3.63) is 41.7 Å². The third-order valence-corrected chi connectivity index (χ3v) is 4.21. The number of fused-ring (bicyclic) bond motifs is 1. The van der Waals surface area contributed by atoms with Crippen LogP contribution in [0.5, 0.6) is 5.75 Å². The summed E-state index contributed by atoms with van der Waals surface area (Å²) in [6, 6.07) is 5.91. The number of nitrogens with one attached hydrogen (secondary N) is 2. The van der Waals surface area contributed by atoms with Crippen molar-refractivity contribution in [2.75, 3.05) is 23.9 Å². The predicted octanol–water partition coefficient (Wildman–Crippen LogP) is 2.86. The monoisotopic (exact) mass is 298 g/mol. The quantitative estimate of drug-likeness (QED) is 0.750. The molecule has 1 saturated carbocycles. The number of rotatable bonds is 3. The van der Waals surface area contributed by atoms with Gasteiger partial charge in [-0.1, -0.05) is 0 Å². The normalized spacial score (nSPS) is 21.0. The van der Waals surface area contributed by atoms with Crippen molar-refractivity contribution in [3.63, 3.8) is 0 Å². The lowest BCUT2D eigenvalue weighted by Gasteiger charge is -2.31. The number of ether oxygens (including phenoxy) is 1. The average molecular weight is 298 g/mol. The van der Waals surface area contributed by atoms with Gasteiger partial charge in [0.2, 0.25) is 0 Å². The van der Waals surface area contributed by atoms with E-state index < -0.39 is 0 Å². The van der Waals surface area contributed by atoms with Gasteiger partial charge in [0.15, 0.2) is 0 Å². The summed E-state index contributed by atoms with van der Waals surface area (Å²) in [5.74, 6) is 0.856.